The SMILES string of the molecule is Cc1ccc(S(=O)(=O)c2cc(CO)c3occc3c2)cc1. The second-order valence-corrected chi connectivity index (χ2v) is 6.85. The van der Waals surface area contributed by atoms with Crippen LogP contribution in [-0.2, 0) is 16.4 Å². The number of hydrogen-bond donors (Lipinski definition) is 1. The topological polar surface area (TPSA) is 67.5 Å². The fourth-order valence-corrected chi connectivity index (χ4v) is 3.60. The first-order valence-electron chi connectivity index (χ1n) is 6.45. The van der Waals surface area contributed by atoms with E-state index < -0.39 is 9.84 Å². The molecule has 5 heteroatoms. The highest BCUT2D eigenvalue weighted by Gasteiger charge is 2.20. The van der Waals surface area contributed by atoms with Gasteiger partial charge in [0.1, 0.15) is 5.58 Å². The molecule has 108 valence electrons. The van der Waals surface area contributed by atoms with E-state index in [1.54, 1.807) is 36.4 Å². The fourth-order valence-electron chi connectivity index (χ4n) is 2.25. The highest BCUT2D eigenvalue weighted by molar-refractivity contribution is 7.91. The van der Waals surface area contributed by atoms with Gasteiger partial charge in [-0.25, -0.2) is 8.42 Å². The van der Waals surface area contributed by atoms with Crippen LogP contribution in [0.25, 0.3) is 11.0 Å². The first-order valence-corrected chi connectivity index (χ1v) is 7.93. The molecular weight excluding hydrogens is 288 g/mol. The van der Waals surface area contributed by atoms with E-state index in [1.807, 2.05) is 6.92 Å². The third-order valence-corrected chi connectivity index (χ3v) is 5.16. The quantitative estimate of drug-likeness (QED) is 0.807. The van der Waals surface area contributed by atoms with Crippen molar-refractivity contribution >= 4 is 20.8 Å². The van der Waals surface area contributed by atoms with E-state index in [0.29, 0.717) is 16.5 Å². The van der Waals surface area contributed by atoms with Crippen LogP contribution < -0.4 is 0 Å². The van der Waals surface area contributed by atoms with Gasteiger partial charge >= 0.3 is 0 Å². The van der Waals surface area contributed by atoms with Crippen LogP contribution in [0.1, 0.15) is 11.1 Å². The predicted molar refractivity (Wildman–Crippen MR) is 78.8 cm³/mol. The van der Waals surface area contributed by atoms with Crippen molar-refractivity contribution in [2.24, 2.45) is 0 Å². The van der Waals surface area contributed by atoms with Gasteiger partial charge in [0.15, 0.2) is 0 Å². The molecule has 0 spiro atoms. The van der Waals surface area contributed by atoms with Crippen LogP contribution in [0.5, 0.6) is 0 Å². The summed E-state index contributed by atoms with van der Waals surface area (Å²) >= 11 is 0. The van der Waals surface area contributed by atoms with Gasteiger partial charge in [-0.15, -0.1) is 0 Å². The summed E-state index contributed by atoms with van der Waals surface area (Å²) in [6.45, 7) is 1.62. The first kappa shape index (κ1) is 13.9. The number of fused-ring (bicyclic) bond motifs is 1. The number of benzene rings is 2. The van der Waals surface area contributed by atoms with Crippen LogP contribution in [0.4, 0.5) is 0 Å². The zero-order chi connectivity index (χ0) is 15.0. The van der Waals surface area contributed by atoms with Crippen molar-refractivity contribution < 1.29 is 17.9 Å². The van der Waals surface area contributed by atoms with Crippen LogP contribution in [0.15, 0.2) is 62.9 Å². The minimum atomic E-state index is -3.61. The van der Waals surface area contributed by atoms with E-state index in [0.717, 1.165) is 5.56 Å². The first-order chi connectivity index (χ1) is 10.0. The standard InChI is InChI=1S/C16H14O4S/c1-11-2-4-14(5-3-11)21(18,19)15-8-12-6-7-20-16(12)13(9-15)10-17/h2-9,17H,10H2,1H3. The molecule has 0 aliphatic heterocycles. The molecule has 1 N–H and O–H groups in total. The summed E-state index contributed by atoms with van der Waals surface area (Å²) in [6.07, 6.45) is 1.48. The van der Waals surface area contributed by atoms with Crippen molar-refractivity contribution in [2.45, 2.75) is 23.3 Å². The Kier molecular flexibility index (Phi) is 3.31. The van der Waals surface area contributed by atoms with E-state index in [9.17, 15) is 13.5 Å². The van der Waals surface area contributed by atoms with E-state index in [1.165, 1.54) is 12.3 Å². The molecule has 3 aromatic rings. The van der Waals surface area contributed by atoms with Crippen molar-refractivity contribution in [3.63, 3.8) is 0 Å². The molecule has 1 aromatic heterocycles. The number of sulfone groups is 1. The molecule has 3 rings (SSSR count). The third kappa shape index (κ3) is 2.34. The Balaban J connectivity index is 2.21. The van der Waals surface area contributed by atoms with Crippen molar-refractivity contribution in [3.05, 3.63) is 59.9 Å². The van der Waals surface area contributed by atoms with Crippen LogP contribution in [0.2, 0.25) is 0 Å². The van der Waals surface area contributed by atoms with Gasteiger partial charge < -0.3 is 9.52 Å². The molecule has 0 atom stereocenters. The average molecular weight is 302 g/mol. The molecule has 0 fully saturated rings. The maximum atomic E-state index is 12.7. The molecule has 0 aliphatic carbocycles. The van der Waals surface area contributed by atoms with Crippen LogP contribution in [0.3, 0.4) is 0 Å². The second-order valence-electron chi connectivity index (χ2n) is 4.90. The average Bonchev–Trinajstić information content (AvgIpc) is 2.95. The molecule has 0 saturated heterocycles. The molecule has 0 amide bonds. The predicted octanol–water partition coefficient (Wildman–Crippen LogP) is 3.07. The lowest BCUT2D eigenvalue weighted by molar-refractivity contribution is 0.281. The molecule has 0 radical (unpaired) electrons. The normalized spacial score (nSPS) is 11.9. The minimum absolute atomic E-state index is 0.157. The van der Waals surface area contributed by atoms with Gasteiger partial charge in [0.2, 0.25) is 9.84 Å². The summed E-state index contributed by atoms with van der Waals surface area (Å²) in [5.74, 6) is 0. The molecule has 0 bridgehead atoms. The third-order valence-electron chi connectivity index (χ3n) is 3.41. The summed E-state index contributed by atoms with van der Waals surface area (Å²) < 4.78 is 30.6. The molecule has 1 heterocycles. The second kappa shape index (κ2) is 5.02. The lowest BCUT2D eigenvalue weighted by Crippen LogP contribution is -2.03. The minimum Gasteiger partial charge on any atom is -0.464 e. The largest absolute Gasteiger partial charge is 0.464 e. The molecule has 21 heavy (non-hydrogen) atoms. The monoisotopic (exact) mass is 302 g/mol. The summed E-state index contributed by atoms with van der Waals surface area (Å²) in [4.78, 5) is 0.393. The Hall–Kier alpha value is -2.11. The van der Waals surface area contributed by atoms with Crippen LogP contribution in [-0.4, -0.2) is 13.5 Å². The smallest absolute Gasteiger partial charge is 0.206 e. The number of rotatable bonds is 3. The van der Waals surface area contributed by atoms with Gasteiger partial charge in [-0.1, -0.05) is 17.7 Å². The van der Waals surface area contributed by atoms with Crippen molar-refractivity contribution in [3.8, 4) is 0 Å². The Labute approximate surface area is 122 Å². The summed E-state index contributed by atoms with van der Waals surface area (Å²) in [5, 5.41) is 10.1. The zero-order valence-electron chi connectivity index (χ0n) is 11.4. The fraction of sp³-hybridized carbons (Fsp3) is 0.125. The summed E-state index contributed by atoms with van der Waals surface area (Å²) in [6, 6.07) is 11.4. The Morgan fingerprint density at radius 3 is 2.43 bits per heavy atom. The molecule has 4 nitrogen and oxygen atoms in total. The lowest BCUT2D eigenvalue weighted by Gasteiger charge is -2.07. The summed E-state index contributed by atoms with van der Waals surface area (Å²) in [5.41, 5.74) is 1.97. The van der Waals surface area contributed by atoms with Crippen LogP contribution in [0, 0.1) is 6.92 Å². The lowest BCUT2D eigenvalue weighted by atomic mass is 10.2. The highest BCUT2D eigenvalue weighted by Crippen LogP contribution is 2.28. The van der Waals surface area contributed by atoms with Gasteiger partial charge in [-0.05, 0) is 37.3 Å². The molecule has 0 saturated carbocycles. The van der Waals surface area contributed by atoms with Crippen molar-refractivity contribution in [2.75, 3.05) is 0 Å². The number of aryl methyl sites for hydroxylation is 1. The van der Waals surface area contributed by atoms with Gasteiger partial charge in [-0.3, -0.25) is 0 Å². The molecule has 2 aromatic carbocycles. The number of aliphatic hydroxyl groups excluding tert-OH is 1. The van der Waals surface area contributed by atoms with Gasteiger partial charge in [-0.2, -0.15) is 0 Å². The van der Waals surface area contributed by atoms with E-state index in [-0.39, 0.29) is 16.4 Å². The maximum absolute atomic E-state index is 12.7. The maximum Gasteiger partial charge on any atom is 0.206 e. The number of furan rings is 1. The Bertz CT molecular complexity index is 890. The van der Waals surface area contributed by atoms with E-state index >= 15 is 0 Å². The zero-order valence-corrected chi connectivity index (χ0v) is 12.2. The van der Waals surface area contributed by atoms with E-state index in [2.05, 4.69) is 0 Å². The Morgan fingerprint density at radius 2 is 1.76 bits per heavy atom. The highest BCUT2D eigenvalue weighted by atomic mass is 32.2. The van der Waals surface area contributed by atoms with Crippen molar-refractivity contribution in [1.82, 2.24) is 0 Å². The van der Waals surface area contributed by atoms with Crippen molar-refractivity contribution in [1.29, 1.82) is 0 Å². The summed E-state index contributed by atoms with van der Waals surface area (Å²) in [7, 11) is -3.61. The number of hydrogen-bond acceptors (Lipinski definition) is 4. The van der Waals surface area contributed by atoms with Crippen LogP contribution >= 0.6 is 0 Å². The van der Waals surface area contributed by atoms with Gasteiger partial charge in [0.05, 0.1) is 22.7 Å². The molecule has 0 unspecified atom stereocenters. The van der Waals surface area contributed by atoms with E-state index in [4.69, 9.17) is 4.42 Å². The number of aliphatic hydroxyl groups is 1. The van der Waals surface area contributed by atoms with Gasteiger partial charge in [0.25, 0.3) is 0 Å². The molecule has 0 aliphatic rings. The molecular formula is C16H14O4S. The Morgan fingerprint density at radius 1 is 1.05 bits per heavy atom. The van der Waals surface area contributed by atoms with Gasteiger partial charge in [0, 0.05) is 10.9 Å².